The first-order valence-corrected chi connectivity index (χ1v) is 21.3. The van der Waals surface area contributed by atoms with Gasteiger partial charge in [0.1, 0.15) is 11.5 Å². The number of nitrogens with zero attached hydrogens (tertiary/aromatic N) is 7. The average molecular weight is 794 g/mol. The topological polar surface area (TPSA) is 167 Å². The summed E-state index contributed by atoms with van der Waals surface area (Å²) in [5.41, 5.74) is 6.08. The summed E-state index contributed by atoms with van der Waals surface area (Å²) < 4.78 is 10.1. The molecule has 0 spiro atoms. The molecule has 302 valence electrons. The molecule has 4 bridgehead atoms. The molecule has 0 unspecified atom stereocenters. The Hall–Kier alpha value is -4.05. The van der Waals surface area contributed by atoms with Gasteiger partial charge in [-0.2, -0.15) is 5.10 Å². The predicted molar refractivity (Wildman–Crippen MR) is 222 cm³/mol. The first-order chi connectivity index (χ1) is 27.4. The second kappa shape index (κ2) is 14.6. The van der Waals surface area contributed by atoms with Gasteiger partial charge in [-0.15, -0.1) is 10.2 Å². The molecule has 13 nitrogen and oxygen atoms in total. The van der Waals surface area contributed by atoms with Crippen molar-refractivity contribution in [2.75, 3.05) is 43.1 Å². The number of para-hydroxylation sites is 1. The van der Waals surface area contributed by atoms with E-state index in [0.717, 1.165) is 115 Å². The van der Waals surface area contributed by atoms with E-state index in [-0.39, 0.29) is 34.1 Å². The van der Waals surface area contributed by atoms with Crippen molar-refractivity contribution in [3.05, 3.63) is 65.1 Å². The van der Waals surface area contributed by atoms with Crippen LogP contribution < -0.4 is 15.5 Å². The van der Waals surface area contributed by atoms with Gasteiger partial charge >= 0.3 is 0 Å². The highest BCUT2D eigenvalue weighted by molar-refractivity contribution is 7.22. The number of hydrogen-bond acceptors (Lipinski definition) is 13. The molecule has 1 aliphatic heterocycles. The lowest BCUT2D eigenvalue weighted by molar-refractivity contribution is -0.247. The fourth-order valence-electron chi connectivity index (χ4n) is 12.0. The molecule has 5 N–H and O–H groups in total. The number of fused-ring (bicyclic) bond motifs is 2. The van der Waals surface area contributed by atoms with Gasteiger partial charge in [-0.25, -0.2) is 9.97 Å². The molecule has 4 aromatic heterocycles. The Labute approximate surface area is 337 Å². The van der Waals surface area contributed by atoms with Gasteiger partial charge in [0, 0.05) is 54.2 Å². The molecule has 4 fully saturated rings. The molecule has 5 heterocycles. The summed E-state index contributed by atoms with van der Waals surface area (Å²) >= 11 is 1.58. The summed E-state index contributed by atoms with van der Waals surface area (Å²) in [6.07, 6.45) is 9.33. The van der Waals surface area contributed by atoms with Gasteiger partial charge in [0.25, 0.3) is 0 Å². The first-order valence-electron chi connectivity index (χ1n) is 20.5. The van der Waals surface area contributed by atoms with E-state index in [9.17, 15) is 10.2 Å². The minimum Gasteiger partial charge on any atom is -0.396 e. The number of benzene rings is 1. The van der Waals surface area contributed by atoms with E-state index in [1.165, 1.54) is 6.42 Å². The minimum atomic E-state index is -1.78. The maximum absolute atomic E-state index is 10.8. The molecule has 57 heavy (non-hydrogen) atoms. The van der Waals surface area contributed by atoms with Crippen LogP contribution in [0.5, 0.6) is 0 Å². The smallest absolute Gasteiger partial charge is 0.196 e. The van der Waals surface area contributed by atoms with Crippen LogP contribution in [0.3, 0.4) is 0 Å². The molecule has 14 heteroatoms. The van der Waals surface area contributed by atoms with Crippen molar-refractivity contribution in [3.63, 3.8) is 0 Å². The number of nitrogens with one attached hydrogen (secondary N) is 2. The van der Waals surface area contributed by atoms with Crippen LogP contribution in [0.25, 0.3) is 21.3 Å². The zero-order valence-electron chi connectivity index (χ0n) is 33.5. The van der Waals surface area contributed by atoms with Crippen LogP contribution in [0.1, 0.15) is 94.0 Å². The van der Waals surface area contributed by atoms with Gasteiger partial charge in [0.05, 0.1) is 28.6 Å². The molecule has 4 aliphatic carbocycles. The van der Waals surface area contributed by atoms with Gasteiger partial charge in [-0.3, -0.25) is 4.68 Å². The number of hydrogen-bond donors (Lipinski definition) is 5. The summed E-state index contributed by atoms with van der Waals surface area (Å²) in [6.45, 7) is 13.0. The predicted octanol–water partition coefficient (Wildman–Crippen LogP) is 6.88. The highest BCUT2D eigenvalue weighted by Crippen LogP contribution is 2.72. The third-order valence-corrected chi connectivity index (χ3v) is 14.0. The van der Waals surface area contributed by atoms with Crippen molar-refractivity contribution in [2.45, 2.75) is 104 Å². The molecule has 10 rings (SSSR count). The zero-order valence-corrected chi connectivity index (χ0v) is 34.3. The normalized spacial score (nSPS) is 26.5. The number of anilines is 4. The highest BCUT2D eigenvalue weighted by Gasteiger charge is 2.66. The molecule has 4 atom stereocenters. The summed E-state index contributed by atoms with van der Waals surface area (Å²) in [4.78, 5) is 11.6. The van der Waals surface area contributed by atoms with Crippen LogP contribution >= 0.6 is 11.3 Å². The van der Waals surface area contributed by atoms with Gasteiger partial charge in [-0.1, -0.05) is 37.3 Å². The number of rotatable bonds is 14. The van der Waals surface area contributed by atoms with Crippen LogP contribution in [0.15, 0.2) is 42.6 Å². The van der Waals surface area contributed by atoms with Gasteiger partial charge in [-0.05, 0) is 119 Å². The third kappa shape index (κ3) is 7.22. The monoisotopic (exact) mass is 793 g/mol. The van der Waals surface area contributed by atoms with Gasteiger partial charge in [0.15, 0.2) is 23.1 Å². The van der Waals surface area contributed by atoms with Crippen LogP contribution in [0.2, 0.25) is 0 Å². The van der Waals surface area contributed by atoms with E-state index >= 15 is 0 Å². The van der Waals surface area contributed by atoms with E-state index < -0.39 is 6.29 Å². The maximum Gasteiger partial charge on any atom is 0.196 e. The highest BCUT2D eigenvalue weighted by atomic mass is 32.1. The van der Waals surface area contributed by atoms with E-state index in [4.69, 9.17) is 24.9 Å². The largest absolute Gasteiger partial charge is 0.396 e. The summed E-state index contributed by atoms with van der Waals surface area (Å²) in [5.74, 6) is 2.00. The second-order valence-corrected chi connectivity index (χ2v) is 19.2. The lowest BCUT2D eigenvalue weighted by atomic mass is 9.39. The molecular formula is C43H55N9O4S. The fraction of sp³-hybridized carbons (Fsp3) is 0.558. The molecule has 4 saturated carbocycles. The molecule has 0 amide bonds. The van der Waals surface area contributed by atoms with Crippen molar-refractivity contribution in [1.82, 2.24) is 35.3 Å². The first kappa shape index (κ1) is 38.5. The van der Waals surface area contributed by atoms with Crippen molar-refractivity contribution >= 4 is 44.1 Å². The number of thiazole rings is 1. The quantitative estimate of drug-likeness (QED) is 0.0586. The van der Waals surface area contributed by atoms with E-state index in [0.29, 0.717) is 30.4 Å². The van der Waals surface area contributed by atoms with Crippen LogP contribution in [-0.4, -0.2) is 83.7 Å². The molecule has 0 saturated heterocycles. The van der Waals surface area contributed by atoms with Crippen LogP contribution in [-0.2, 0) is 17.7 Å². The van der Waals surface area contributed by atoms with E-state index in [2.05, 4.69) is 59.3 Å². The van der Waals surface area contributed by atoms with Gasteiger partial charge < -0.3 is 35.6 Å². The van der Waals surface area contributed by atoms with E-state index in [1.54, 1.807) is 11.3 Å². The third-order valence-electron chi connectivity index (χ3n) is 13.1. The summed E-state index contributed by atoms with van der Waals surface area (Å²) in [7, 11) is 0. The minimum absolute atomic E-state index is 0.0582. The van der Waals surface area contributed by atoms with Crippen molar-refractivity contribution in [3.8, 4) is 11.1 Å². The Morgan fingerprint density at radius 1 is 0.930 bits per heavy atom. The van der Waals surface area contributed by atoms with Crippen molar-refractivity contribution in [2.24, 2.45) is 16.2 Å². The Morgan fingerprint density at radius 2 is 1.74 bits per heavy atom. The van der Waals surface area contributed by atoms with Crippen molar-refractivity contribution < 1.29 is 20.1 Å². The number of aliphatic hydroxyl groups is 3. The lowest BCUT2D eigenvalue weighted by Crippen LogP contribution is -2.64. The van der Waals surface area contributed by atoms with Crippen molar-refractivity contribution in [1.29, 1.82) is 0 Å². The maximum atomic E-state index is 10.8. The second-order valence-electron chi connectivity index (χ2n) is 18.2. The summed E-state index contributed by atoms with van der Waals surface area (Å²) in [6, 6.07) is 11.9. The number of aromatic nitrogens is 6. The fourth-order valence-corrected chi connectivity index (χ4v) is 12.9. The zero-order chi connectivity index (χ0) is 39.6. The Kier molecular flexibility index (Phi) is 9.89. The van der Waals surface area contributed by atoms with Crippen LogP contribution in [0, 0.1) is 30.1 Å². The SMILES string of the molecule is Cc1c(Nc2nc3ccccc3s2)nnc2c1CCCN2c1ccc(-c2cnn(C[C@]34C[C@]5(C)C[C@](C)(C3)C[C@@](OCCNCCCO)(C5)C4)c2C)c(C(O)O)n1. The molecular weight excluding hydrogens is 739 g/mol. The van der Waals surface area contributed by atoms with E-state index in [1.807, 2.05) is 41.4 Å². The van der Waals surface area contributed by atoms with Crippen LogP contribution in [0.4, 0.5) is 22.6 Å². The number of aliphatic hydroxyl groups excluding tert-OH is 2. The molecule has 5 aromatic rings. The average Bonchev–Trinajstić information content (AvgIpc) is 3.74. The molecule has 1 aromatic carbocycles. The van der Waals surface area contributed by atoms with Gasteiger partial charge in [0.2, 0.25) is 0 Å². The lowest BCUT2D eigenvalue weighted by Gasteiger charge is -2.69. The Bertz CT molecular complexity index is 2240. The number of ether oxygens (including phenoxy) is 1. The number of pyridine rings is 1. The summed E-state index contributed by atoms with van der Waals surface area (Å²) in [5, 5.41) is 52.5. The Balaban J connectivity index is 0.959. The molecule has 5 aliphatic rings. The molecule has 0 radical (unpaired) electrons. The standard InChI is InChI=1S/C43H55N9O4S/c1-27-29-9-7-16-51(37(29)50-49-36(27)48-39-46-32-10-5-6-11-33(32)57-39)34-13-12-30(35(47-34)38(54)55)31-19-45-52(28(31)2)26-42-21-40(3)20-41(4,22-42)24-43(23-40,25-42)56-18-15-44-14-8-17-53/h5-6,10-13,19,38,44,53-55H,7-9,14-18,20-26H2,1-4H3,(H,46,48,49)/t40-,41+,42+,43-. The Morgan fingerprint density at radius 3 is 2.51 bits per heavy atom.